The molecule has 0 aromatic heterocycles. The van der Waals surface area contributed by atoms with Crippen molar-refractivity contribution in [2.75, 3.05) is 12.4 Å². The molecule has 0 heterocycles. The average molecular weight is 2820 g/mol. The number of aliphatic carboxylic acids is 1. The predicted octanol–water partition coefficient (Wildman–Crippen LogP) is -18.7. The molecule has 8 aromatic rings. The first-order valence-corrected chi connectivity index (χ1v) is 39.8. The van der Waals surface area contributed by atoms with E-state index in [4.69, 9.17) is 12.6 Å². The minimum Gasteiger partial charge on any atom is -0.889 e. The Morgan fingerprint density at radius 1 is 0.404 bits per heavy atom. The summed E-state index contributed by atoms with van der Waals surface area (Å²) in [4.78, 5) is 42.3. The quantitative estimate of drug-likeness (QED) is 0.0135. The van der Waals surface area contributed by atoms with E-state index in [0.29, 0.717) is 21.5 Å². The maximum Gasteiger partial charge on any atom is 1.00 e. The zero-order valence-corrected chi connectivity index (χ0v) is 140. The van der Waals surface area contributed by atoms with Gasteiger partial charge in [0.15, 0.2) is 0 Å². The smallest absolute Gasteiger partial charge is 0.889 e. The van der Waals surface area contributed by atoms with Crippen molar-refractivity contribution in [2.24, 2.45) is 0 Å². The molecular weight excluding hydrogens is 2720 g/mol. The number of hydrogen-bond donors (Lipinski definition) is 0. The van der Waals surface area contributed by atoms with Gasteiger partial charge < -0.3 is 71.0 Å². The molecule has 114 heavy (non-hydrogen) atoms. The van der Waals surface area contributed by atoms with Crippen molar-refractivity contribution in [1.82, 2.24) is 0 Å². The van der Waals surface area contributed by atoms with Crippen molar-refractivity contribution in [1.29, 1.82) is 0 Å². The Kier molecular flexibility index (Phi) is 113. The first-order valence-electron chi connectivity index (χ1n) is 35.2. The fourth-order valence-corrected chi connectivity index (χ4v) is 13.0. The molecular formula is C84H108BCs10O15PS3. The normalized spacial score (nSPS) is 9.93. The van der Waals surface area contributed by atoms with Gasteiger partial charge in [0.25, 0.3) is 0 Å². The van der Waals surface area contributed by atoms with Crippen molar-refractivity contribution in [2.45, 2.75) is 223 Å². The molecule has 0 bridgehead atoms. The summed E-state index contributed by atoms with van der Waals surface area (Å²) in [5, 5.41) is 51.9. The molecule has 30 heteroatoms. The van der Waals surface area contributed by atoms with Gasteiger partial charge in [-0.1, -0.05) is 225 Å². The van der Waals surface area contributed by atoms with Crippen LogP contribution < -0.4 is 735 Å². The zero-order valence-electron chi connectivity index (χ0n) is 74.0. The van der Waals surface area contributed by atoms with E-state index < -0.39 is 47.9 Å². The van der Waals surface area contributed by atoms with Gasteiger partial charge in [-0.2, -0.15) is 5.75 Å². The van der Waals surface area contributed by atoms with Crippen LogP contribution in [0, 0.1) is 111 Å². The molecule has 0 aliphatic heterocycles. The largest absolute Gasteiger partial charge is 1.00 e. The Morgan fingerprint density at radius 3 is 1.04 bits per heavy atom. The molecule has 0 fully saturated rings. The molecule has 0 aliphatic carbocycles. The summed E-state index contributed by atoms with van der Waals surface area (Å²) in [6.07, 6.45) is 17.1. The summed E-state index contributed by atoms with van der Waals surface area (Å²) >= 11 is 2.83. The Bertz CT molecular complexity index is 4040. The molecule has 0 saturated carbocycles. The number of unbranched alkanes of at least 4 members (excludes halogenated alkanes) is 9. The molecule has 1 atom stereocenters. The maximum absolute atomic E-state index is 10.7. The zero-order chi connectivity index (χ0) is 78.9. The number of carbonyl (C=O) groups is 2. The van der Waals surface area contributed by atoms with Crippen molar-refractivity contribution in [3.63, 3.8) is 0 Å². The van der Waals surface area contributed by atoms with Crippen molar-refractivity contribution < 1.29 is 760 Å². The molecule has 0 saturated heterocycles. The topological polar surface area (TPSA) is 310 Å². The standard InChI is InChI=1S/C15H22O2.C14H21O.C14H22S.C9H10O2.C8H9BO2.C8H11O3P.C8H10O3S.C8H10O2S.10Cs/c1-12-9-10-13(2)14(11-12)7-5-3-4-6-8-15(16)17;2*1-12-8-9-13(2)14(11-12)7-5-3-4-6-10-15;2*1-6-3-4-7(2)8(5-6)9(10)11;2*1-6-3-4-7(2)8(5-6)12(9,10)11;1-6-3-4-7(2)8(5-6)11(9)10;;;;;;;;;;/h9-11H,3-8H2,1-2H3,(H,16,17);8-9,11H,3-7,10H2,1-2H3;8-9,11,15H,3-7,10H2,1-2H3;3-5H,1-2H3,(H,10,11);3-5H,1-2H3;3-5H,1-2H3,(H2,9,10,11);3-5H,1-2H3,(H,9,10,11);3-5H,1-2H3,(H,9,10);;;;;;;;;;/q;-1;;;-2;;;;10*+1/p-7. The van der Waals surface area contributed by atoms with Crippen LogP contribution in [0.1, 0.15) is 200 Å². The summed E-state index contributed by atoms with van der Waals surface area (Å²) in [7, 11) is -10.7. The predicted molar refractivity (Wildman–Crippen MR) is 413 cm³/mol. The summed E-state index contributed by atoms with van der Waals surface area (Å²) < 4.78 is 63.8. The van der Waals surface area contributed by atoms with Gasteiger partial charge in [-0.25, -0.2) is 8.42 Å². The van der Waals surface area contributed by atoms with Gasteiger partial charge in [-0.15, -0.1) is 12.1 Å². The van der Waals surface area contributed by atoms with Crippen LogP contribution in [0.15, 0.2) is 155 Å². The average Bonchev–Trinajstić information content (AvgIpc) is 0.832. The molecule has 570 valence electrons. The Morgan fingerprint density at radius 2 is 0.719 bits per heavy atom. The molecule has 0 N–H and O–H groups in total. The van der Waals surface area contributed by atoms with E-state index in [1.807, 2.05) is 39.0 Å². The van der Waals surface area contributed by atoms with Crippen LogP contribution >= 0.6 is 7.60 Å². The third kappa shape index (κ3) is 72.0. The second-order valence-electron chi connectivity index (χ2n) is 26.6. The SMILES string of the molecule is Cc1ccc(C)c(B([O-])[O-])c1.Cc1ccc(C)c(C(=O)[O-])c1.Cc1ccc(C)c(CCCCCCC(=O)[O-])c1.Cc1ccc(C)c(CCCCCC[O-])c1.Cc1ccc(C)c(CCCCCC[S-])c1.Cc1ccc(C)c(P(=O)([O-])[O-])c1.Cc1ccc(C)c(S(=O)(=O)[O-])c1.Cc1ccc(C)c(S(=O)[O-])c1.[Cs+].[Cs+].[Cs+].[Cs+].[Cs+].[Cs+].[Cs+].[Cs+].[Cs+].[Cs+]. The van der Waals surface area contributed by atoms with Crippen molar-refractivity contribution >= 4 is 71.2 Å². The molecule has 0 amide bonds. The third-order valence-corrected chi connectivity index (χ3v) is 20.0. The van der Waals surface area contributed by atoms with E-state index in [2.05, 4.69) is 96.1 Å². The summed E-state index contributed by atoms with van der Waals surface area (Å²) in [5.74, 6) is -1.12. The van der Waals surface area contributed by atoms with E-state index in [9.17, 15) is 71.0 Å². The second kappa shape index (κ2) is 87.0. The number of aromatic carboxylic acids is 1. The number of carbonyl (C=O) groups excluding carboxylic acids is 2. The molecule has 1 unspecified atom stereocenters. The number of hydrogen-bond acceptors (Lipinski definition) is 16. The Labute approximate surface area is 1280 Å². The summed E-state index contributed by atoms with van der Waals surface area (Å²) in [5.41, 5.74) is 21.0. The first kappa shape index (κ1) is 148. The van der Waals surface area contributed by atoms with Crippen LogP contribution in [0.4, 0.5) is 0 Å². The third-order valence-electron chi connectivity index (χ3n) is 16.9. The number of benzene rings is 8. The number of aryl methyl sites for hydroxylation is 19. The Balaban J connectivity index is -0.000000134. The van der Waals surface area contributed by atoms with E-state index in [1.165, 1.54) is 107 Å². The fourth-order valence-electron chi connectivity index (χ4n) is 10.5. The summed E-state index contributed by atoms with van der Waals surface area (Å²) in [6.45, 7) is 30.6. The molecule has 8 aromatic carbocycles. The van der Waals surface area contributed by atoms with E-state index in [0.717, 1.165) is 102 Å². The van der Waals surface area contributed by atoms with Gasteiger partial charge in [-0.3, -0.25) is 4.21 Å². The van der Waals surface area contributed by atoms with Gasteiger partial charge in [0.05, 0.1) is 10.9 Å². The molecule has 8 rings (SSSR count). The number of carboxylic acid groups (broad SMARTS) is 2. The van der Waals surface area contributed by atoms with Gasteiger partial charge in [0, 0.05) is 16.4 Å². The molecule has 15 nitrogen and oxygen atoms in total. The van der Waals surface area contributed by atoms with Crippen LogP contribution in [0.25, 0.3) is 0 Å². The van der Waals surface area contributed by atoms with Gasteiger partial charge in [0.1, 0.15) is 10.1 Å². The van der Waals surface area contributed by atoms with E-state index in [-0.39, 0.29) is 718 Å². The van der Waals surface area contributed by atoms with Crippen LogP contribution in [0.2, 0.25) is 0 Å². The van der Waals surface area contributed by atoms with Gasteiger partial charge >= 0.3 is 689 Å². The van der Waals surface area contributed by atoms with Gasteiger partial charge in [0.2, 0.25) is 0 Å². The van der Waals surface area contributed by atoms with E-state index in [1.54, 1.807) is 109 Å². The van der Waals surface area contributed by atoms with Crippen LogP contribution in [-0.2, 0) is 62.4 Å². The molecule has 0 spiro atoms. The molecule has 0 aliphatic rings. The number of rotatable bonds is 24. The Hall–Kier alpha value is 13.7. The number of carboxylic acids is 2. The van der Waals surface area contributed by atoms with Crippen LogP contribution in [-0.4, -0.2) is 53.1 Å². The van der Waals surface area contributed by atoms with Crippen molar-refractivity contribution in [3.05, 3.63) is 257 Å². The first-order chi connectivity index (χ1) is 48.7. The second-order valence-corrected chi connectivity index (χ2v) is 30.8. The minimum absolute atomic E-state index is 0. The van der Waals surface area contributed by atoms with Gasteiger partial charge in [-0.05, 0) is 271 Å². The molecule has 0 radical (unpaired) electrons. The maximum atomic E-state index is 10.7. The summed E-state index contributed by atoms with van der Waals surface area (Å²) in [6, 6.07) is 45.5. The van der Waals surface area contributed by atoms with Crippen molar-refractivity contribution in [3.8, 4) is 0 Å². The fraction of sp³-hybridized carbons (Fsp3) is 0.405. The van der Waals surface area contributed by atoms with Crippen LogP contribution in [0.5, 0.6) is 0 Å². The minimum atomic E-state index is -4.58. The van der Waals surface area contributed by atoms with E-state index >= 15 is 0 Å². The monoisotopic (exact) mass is 2820 g/mol. The van der Waals surface area contributed by atoms with Crippen LogP contribution in [0.3, 0.4) is 0 Å².